The maximum Gasteiger partial charge on any atom is 0.410 e. The van der Waals surface area contributed by atoms with Crippen molar-refractivity contribution < 1.29 is 23.5 Å². The molecule has 6 rings (SSSR count). The highest BCUT2D eigenvalue weighted by Gasteiger charge is 2.47. The van der Waals surface area contributed by atoms with Crippen LogP contribution in [0.3, 0.4) is 0 Å². The highest BCUT2D eigenvalue weighted by molar-refractivity contribution is 6.00. The topological polar surface area (TPSA) is 55.8 Å². The largest absolute Gasteiger partial charge is 0.496 e. The molecule has 2 fully saturated rings. The summed E-state index contributed by atoms with van der Waals surface area (Å²) in [5.74, 6) is -0.886. The zero-order chi connectivity index (χ0) is 24.8. The molecule has 6 heteroatoms. The molecule has 2 aliphatic heterocycles. The van der Waals surface area contributed by atoms with Gasteiger partial charge in [0, 0.05) is 23.9 Å². The molecule has 1 aliphatic carbocycles. The van der Waals surface area contributed by atoms with E-state index in [0.717, 1.165) is 12.8 Å². The minimum absolute atomic E-state index is 0.00615. The zero-order valence-electron chi connectivity index (χ0n) is 20.2. The number of ketones is 1. The summed E-state index contributed by atoms with van der Waals surface area (Å²) in [6.45, 7) is 0.275. The van der Waals surface area contributed by atoms with Crippen molar-refractivity contribution in [3.8, 4) is 16.9 Å². The molecule has 0 saturated carbocycles. The van der Waals surface area contributed by atoms with E-state index in [-0.39, 0.29) is 53.7 Å². The normalized spacial score (nSPS) is 22.2. The summed E-state index contributed by atoms with van der Waals surface area (Å²) < 4.78 is 25.7. The molecule has 0 aromatic heterocycles. The molecule has 2 bridgehead atoms. The quantitative estimate of drug-likeness (QED) is 0.403. The van der Waals surface area contributed by atoms with Crippen molar-refractivity contribution in [2.75, 3.05) is 13.7 Å². The SMILES string of the molecule is COc1cccc(F)c1C(=O)C1CC2CCC(C1)N2C(=O)OCC1c2ccccc2-c2ccccc21. The molecular weight excluding hydrogens is 457 g/mol. The van der Waals surface area contributed by atoms with E-state index in [1.54, 1.807) is 6.07 Å². The van der Waals surface area contributed by atoms with Crippen LogP contribution in [0.4, 0.5) is 9.18 Å². The van der Waals surface area contributed by atoms with Crippen LogP contribution < -0.4 is 4.74 Å². The van der Waals surface area contributed by atoms with Gasteiger partial charge in [0.05, 0.1) is 12.7 Å². The first-order valence-corrected chi connectivity index (χ1v) is 12.6. The fourth-order valence-corrected chi connectivity index (χ4v) is 6.48. The van der Waals surface area contributed by atoms with Gasteiger partial charge in [-0.05, 0) is 60.1 Å². The van der Waals surface area contributed by atoms with Gasteiger partial charge in [-0.2, -0.15) is 0 Å². The number of ether oxygens (including phenoxy) is 2. The Morgan fingerprint density at radius 3 is 2.11 bits per heavy atom. The highest BCUT2D eigenvalue weighted by Crippen LogP contribution is 2.45. The predicted octanol–water partition coefficient (Wildman–Crippen LogP) is 6.21. The second kappa shape index (κ2) is 9.08. The van der Waals surface area contributed by atoms with Gasteiger partial charge in [0.25, 0.3) is 0 Å². The number of methoxy groups -OCH3 is 1. The maximum atomic E-state index is 14.5. The lowest BCUT2D eigenvalue weighted by atomic mass is 9.84. The van der Waals surface area contributed by atoms with Gasteiger partial charge in [-0.1, -0.05) is 54.6 Å². The fourth-order valence-electron chi connectivity index (χ4n) is 6.48. The van der Waals surface area contributed by atoms with Gasteiger partial charge in [0.2, 0.25) is 0 Å². The van der Waals surface area contributed by atoms with Crippen LogP contribution in [-0.4, -0.2) is 42.6 Å². The van der Waals surface area contributed by atoms with Crippen LogP contribution in [0.1, 0.15) is 53.1 Å². The minimum Gasteiger partial charge on any atom is -0.496 e. The summed E-state index contributed by atoms with van der Waals surface area (Å²) in [5, 5.41) is 0. The summed E-state index contributed by atoms with van der Waals surface area (Å²) >= 11 is 0. The minimum atomic E-state index is -0.564. The number of benzene rings is 3. The summed E-state index contributed by atoms with van der Waals surface area (Å²) in [7, 11) is 1.44. The molecule has 184 valence electrons. The van der Waals surface area contributed by atoms with Gasteiger partial charge >= 0.3 is 6.09 Å². The number of piperidine rings is 1. The number of carbonyl (C=O) groups excluding carboxylic acids is 2. The van der Waals surface area contributed by atoms with Crippen molar-refractivity contribution in [3.05, 3.63) is 89.2 Å². The zero-order valence-corrected chi connectivity index (χ0v) is 20.2. The van der Waals surface area contributed by atoms with Crippen molar-refractivity contribution in [1.29, 1.82) is 0 Å². The number of carbonyl (C=O) groups is 2. The van der Waals surface area contributed by atoms with E-state index in [1.807, 2.05) is 29.2 Å². The van der Waals surface area contributed by atoms with Gasteiger partial charge in [0.1, 0.15) is 18.2 Å². The number of hydrogen-bond donors (Lipinski definition) is 0. The Kier molecular flexibility index (Phi) is 5.75. The van der Waals surface area contributed by atoms with Crippen molar-refractivity contribution in [2.24, 2.45) is 5.92 Å². The van der Waals surface area contributed by atoms with Gasteiger partial charge in [-0.25, -0.2) is 9.18 Å². The summed E-state index contributed by atoms with van der Waals surface area (Å²) in [6, 6.07) is 20.8. The second-order valence-corrected chi connectivity index (χ2v) is 9.95. The molecule has 3 aromatic rings. The number of hydrogen-bond acceptors (Lipinski definition) is 4. The van der Waals surface area contributed by atoms with Gasteiger partial charge in [-0.3, -0.25) is 4.79 Å². The molecule has 2 unspecified atom stereocenters. The van der Waals surface area contributed by atoms with Crippen LogP contribution in [-0.2, 0) is 4.74 Å². The first-order valence-electron chi connectivity index (χ1n) is 12.6. The smallest absolute Gasteiger partial charge is 0.410 e. The number of rotatable bonds is 5. The first-order chi connectivity index (χ1) is 17.6. The van der Waals surface area contributed by atoms with Crippen molar-refractivity contribution in [3.63, 3.8) is 0 Å². The maximum absolute atomic E-state index is 14.5. The van der Waals surface area contributed by atoms with E-state index in [9.17, 15) is 14.0 Å². The molecule has 3 aromatic carbocycles. The third kappa shape index (κ3) is 3.67. The Bertz CT molecular complexity index is 1280. The molecule has 1 amide bonds. The van der Waals surface area contributed by atoms with Crippen LogP contribution in [0, 0.1) is 11.7 Å². The number of amides is 1. The van der Waals surface area contributed by atoms with E-state index < -0.39 is 5.82 Å². The van der Waals surface area contributed by atoms with E-state index in [2.05, 4.69) is 24.3 Å². The van der Waals surface area contributed by atoms with Crippen LogP contribution in [0.2, 0.25) is 0 Å². The lowest BCUT2D eigenvalue weighted by Crippen LogP contribution is -2.48. The van der Waals surface area contributed by atoms with Gasteiger partial charge < -0.3 is 14.4 Å². The van der Waals surface area contributed by atoms with Crippen molar-refractivity contribution in [1.82, 2.24) is 4.90 Å². The highest BCUT2D eigenvalue weighted by atomic mass is 19.1. The van der Waals surface area contributed by atoms with Crippen molar-refractivity contribution >= 4 is 11.9 Å². The molecule has 2 heterocycles. The summed E-state index contributed by atoms with van der Waals surface area (Å²) in [4.78, 5) is 28.4. The summed E-state index contributed by atoms with van der Waals surface area (Å²) in [5.41, 5.74) is 4.75. The van der Waals surface area contributed by atoms with E-state index in [0.29, 0.717) is 12.8 Å². The molecular formula is C30H28FNO4. The predicted molar refractivity (Wildman–Crippen MR) is 134 cm³/mol. The number of fused-ring (bicyclic) bond motifs is 5. The molecule has 0 N–H and O–H groups in total. The Morgan fingerprint density at radius 1 is 0.889 bits per heavy atom. The van der Waals surface area contributed by atoms with Crippen molar-refractivity contribution in [2.45, 2.75) is 43.7 Å². The average molecular weight is 486 g/mol. The lowest BCUT2D eigenvalue weighted by Gasteiger charge is -2.38. The molecule has 3 aliphatic rings. The summed E-state index contributed by atoms with van der Waals surface area (Å²) in [6.07, 6.45) is 2.35. The Morgan fingerprint density at radius 2 is 1.50 bits per heavy atom. The van der Waals surface area contributed by atoms with Gasteiger partial charge in [0.15, 0.2) is 5.78 Å². The fraction of sp³-hybridized carbons (Fsp3) is 0.333. The third-order valence-corrected chi connectivity index (χ3v) is 8.09. The van der Waals surface area contributed by atoms with Crippen LogP contribution >= 0.6 is 0 Å². The van der Waals surface area contributed by atoms with E-state index in [1.165, 1.54) is 41.5 Å². The number of nitrogens with zero attached hydrogens (tertiary/aromatic N) is 1. The Balaban J connectivity index is 1.16. The second-order valence-electron chi connectivity index (χ2n) is 9.95. The molecule has 2 saturated heterocycles. The van der Waals surface area contributed by atoms with Crippen LogP contribution in [0.25, 0.3) is 11.1 Å². The van der Waals surface area contributed by atoms with Crippen LogP contribution in [0.5, 0.6) is 5.75 Å². The number of halogens is 1. The lowest BCUT2D eigenvalue weighted by molar-refractivity contribution is 0.0503. The Labute approximate surface area is 209 Å². The first kappa shape index (κ1) is 22.8. The third-order valence-electron chi connectivity index (χ3n) is 8.09. The molecule has 0 radical (unpaired) electrons. The standard InChI is InChI=1S/C30H28FNO4/c1-35-27-12-6-11-26(31)28(27)29(33)18-15-19-13-14-20(16-18)32(19)30(34)36-17-25-23-9-4-2-7-21(23)22-8-3-5-10-24(22)25/h2-12,18-20,25H,13-17H2,1H3. The van der Waals surface area contributed by atoms with E-state index >= 15 is 0 Å². The van der Waals surface area contributed by atoms with Gasteiger partial charge in [-0.15, -0.1) is 0 Å². The molecule has 0 spiro atoms. The van der Waals surface area contributed by atoms with Crippen LogP contribution in [0.15, 0.2) is 66.7 Å². The molecule has 5 nitrogen and oxygen atoms in total. The molecule has 36 heavy (non-hydrogen) atoms. The van der Waals surface area contributed by atoms with E-state index in [4.69, 9.17) is 9.47 Å². The number of Topliss-reactive ketones (excluding diaryl/α,β-unsaturated/α-hetero) is 1. The molecule has 2 atom stereocenters. The average Bonchev–Trinajstić information content (AvgIpc) is 3.37. The monoisotopic (exact) mass is 485 g/mol. The Hall–Kier alpha value is -3.67.